The molecule has 0 spiro atoms. The number of aliphatic imine (C=N–C) groups is 1. The molecule has 0 atom stereocenters. The fraction of sp³-hybridized carbons (Fsp3) is 0.161. The number of fused-ring (bicyclic) bond motifs is 3. The third kappa shape index (κ3) is 5.01. The van der Waals surface area contributed by atoms with Gasteiger partial charge in [0, 0.05) is 17.3 Å². The second kappa shape index (κ2) is 10.9. The Morgan fingerprint density at radius 1 is 0.974 bits per heavy atom. The van der Waals surface area contributed by atoms with Crippen LogP contribution >= 0.6 is 22.9 Å². The third-order valence-electron chi connectivity index (χ3n) is 6.50. The van der Waals surface area contributed by atoms with Crippen LogP contribution in [0.4, 0.5) is 5.82 Å². The molecule has 0 unspecified atom stereocenters. The Morgan fingerprint density at radius 3 is 2.36 bits per heavy atom. The lowest BCUT2D eigenvalue weighted by molar-refractivity contribution is 0.0531. The molecule has 0 N–H and O–H groups in total. The summed E-state index contributed by atoms with van der Waals surface area (Å²) < 4.78 is 16.2. The van der Waals surface area contributed by atoms with Gasteiger partial charge in [0.25, 0.3) is 0 Å². The van der Waals surface area contributed by atoms with Gasteiger partial charge >= 0.3 is 5.97 Å². The molecule has 0 amide bonds. The number of pyridine rings is 1. The van der Waals surface area contributed by atoms with Gasteiger partial charge in [0.05, 0.1) is 28.5 Å². The van der Waals surface area contributed by atoms with Gasteiger partial charge in [0.1, 0.15) is 10.6 Å². The molecule has 0 bridgehead atoms. The summed E-state index contributed by atoms with van der Waals surface area (Å²) in [5, 5.41) is 0.661. The van der Waals surface area contributed by atoms with Crippen molar-refractivity contribution in [3.63, 3.8) is 0 Å². The van der Waals surface area contributed by atoms with Gasteiger partial charge in [-0.1, -0.05) is 72.0 Å². The molecule has 0 radical (unpaired) electrons. The molecular formula is C31H25N3O3S2. The van der Waals surface area contributed by atoms with E-state index < -0.39 is 0 Å². The highest BCUT2D eigenvalue weighted by molar-refractivity contribution is 7.17. The van der Waals surface area contributed by atoms with Crippen molar-refractivity contribution in [3.8, 4) is 21.3 Å². The Kier molecular flexibility index (Phi) is 7.04. The Bertz CT molecular complexity index is 1630. The monoisotopic (exact) mass is 551 g/mol. The van der Waals surface area contributed by atoms with E-state index in [9.17, 15) is 4.79 Å². The molecule has 5 aromatic rings. The van der Waals surface area contributed by atoms with Crippen LogP contribution in [0.3, 0.4) is 0 Å². The van der Waals surface area contributed by atoms with Crippen LogP contribution in [0.15, 0.2) is 84.0 Å². The minimum Gasteiger partial charge on any atom is -0.462 e. The molecule has 1 aliphatic carbocycles. The average molecular weight is 552 g/mol. The number of carbonyl (C=O) groups is 1. The molecule has 6 rings (SSSR count). The van der Waals surface area contributed by atoms with Crippen molar-refractivity contribution in [2.45, 2.75) is 26.7 Å². The number of aryl methyl sites for hydroxylation is 2. The molecule has 1 aliphatic rings. The predicted octanol–water partition coefficient (Wildman–Crippen LogP) is 7.81. The van der Waals surface area contributed by atoms with Gasteiger partial charge in [0.2, 0.25) is 0 Å². The van der Waals surface area contributed by atoms with Crippen molar-refractivity contribution in [3.05, 3.63) is 112 Å². The molecule has 194 valence electrons. The first-order chi connectivity index (χ1) is 19.1. The Morgan fingerprint density at radius 2 is 1.69 bits per heavy atom. The quantitative estimate of drug-likeness (QED) is 0.152. The predicted molar refractivity (Wildman–Crippen MR) is 156 cm³/mol. The summed E-state index contributed by atoms with van der Waals surface area (Å²) in [4.78, 5) is 24.1. The van der Waals surface area contributed by atoms with Crippen molar-refractivity contribution in [1.82, 2.24) is 9.36 Å². The van der Waals surface area contributed by atoms with Crippen LogP contribution in [-0.4, -0.2) is 27.6 Å². The number of aromatic nitrogens is 2. The summed E-state index contributed by atoms with van der Waals surface area (Å²) >= 11 is 2.76. The SMILES string of the molecule is CCOC(=O)c1sc(Oc2ccc(N=C(c3ccccc3)c3ccccc3)nc2C)c2c1CCc1cnsc1-2. The third-order valence-corrected chi connectivity index (χ3v) is 8.45. The molecule has 39 heavy (non-hydrogen) atoms. The summed E-state index contributed by atoms with van der Waals surface area (Å²) in [5.74, 6) is 0.897. The number of ether oxygens (including phenoxy) is 2. The van der Waals surface area contributed by atoms with Crippen LogP contribution in [0.2, 0.25) is 0 Å². The van der Waals surface area contributed by atoms with E-state index in [1.54, 1.807) is 0 Å². The van der Waals surface area contributed by atoms with Crippen LogP contribution in [-0.2, 0) is 17.6 Å². The maximum Gasteiger partial charge on any atom is 0.348 e. The van der Waals surface area contributed by atoms with Crippen LogP contribution in [0.1, 0.15) is 44.5 Å². The number of carbonyl (C=O) groups excluding carboxylic acids is 1. The summed E-state index contributed by atoms with van der Waals surface area (Å²) in [6.07, 6.45) is 3.51. The minimum atomic E-state index is -0.310. The van der Waals surface area contributed by atoms with Gasteiger partial charge in [-0.05, 0) is 61.5 Å². The Labute approximate surface area is 234 Å². The second-order valence-electron chi connectivity index (χ2n) is 9.02. The highest BCUT2D eigenvalue weighted by atomic mass is 32.1. The first-order valence-electron chi connectivity index (χ1n) is 12.7. The van der Waals surface area contributed by atoms with Gasteiger partial charge in [0.15, 0.2) is 10.9 Å². The normalized spacial score (nSPS) is 11.8. The van der Waals surface area contributed by atoms with Gasteiger partial charge in [-0.3, -0.25) is 0 Å². The molecular weight excluding hydrogens is 526 g/mol. The van der Waals surface area contributed by atoms with E-state index in [1.807, 2.05) is 92.8 Å². The van der Waals surface area contributed by atoms with E-state index >= 15 is 0 Å². The molecule has 0 saturated heterocycles. The fourth-order valence-electron chi connectivity index (χ4n) is 4.65. The van der Waals surface area contributed by atoms with Gasteiger partial charge in [-0.25, -0.2) is 19.1 Å². The lowest BCUT2D eigenvalue weighted by atomic mass is 9.93. The van der Waals surface area contributed by atoms with E-state index in [1.165, 1.54) is 28.4 Å². The number of rotatable bonds is 7. The van der Waals surface area contributed by atoms with Crippen LogP contribution in [0, 0.1) is 6.92 Å². The van der Waals surface area contributed by atoms with E-state index in [4.69, 9.17) is 19.5 Å². The first kappa shape index (κ1) is 25.2. The summed E-state index contributed by atoms with van der Waals surface area (Å²) in [6, 6.07) is 23.9. The van der Waals surface area contributed by atoms with Crippen molar-refractivity contribution in [2.75, 3.05) is 6.61 Å². The average Bonchev–Trinajstić information content (AvgIpc) is 3.59. The molecule has 0 saturated carbocycles. The van der Waals surface area contributed by atoms with E-state index in [2.05, 4.69) is 4.37 Å². The molecule has 0 aliphatic heterocycles. The highest BCUT2D eigenvalue weighted by Gasteiger charge is 2.31. The smallest absolute Gasteiger partial charge is 0.348 e. The van der Waals surface area contributed by atoms with Crippen LogP contribution in [0.25, 0.3) is 10.4 Å². The topological polar surface area (TPSA) is 73.7 Å². The number of esters is 1. The number of hydrogen-bond donors (Lipinski definition) is 0. The van der Waals surface area contributed by atoms with Crippen molar-refractivity contribution >= 4 is 40.4 Å². The van der Waals surface area contributed by atoms with Gasteiger partial charge in [-0.2, -0.15) is 0 Å². The standard InChI is InChI=1S/C31H25N3O3S2/c1-3-36-30(35)29-23-15-14-22-18-32-39-28(22)26(23)31(38-29)37-24-16-17-25(33-19(24)2)34-27(20-10-6-4-7-11-20)21-12-8-5-9-13-21/h4-13,16-18H,3,14-15H2,1-2H3. The molecule has 2 aromatic carbocycles. The zero-order chi connectivity index (χ0) is 26.8. The maximum absolute atomic E-state index is 12.8. The summed E-state index contributed by atoms with van der Waals surface area (Å²) in [7, 11) is 0. The highest BCUT2D eigenvalue weighted by Crippen LogP contribution is 2.50. The number of nitrogens with zero attached hydrogens (tertiary/aromatic N) is 3. The molecule has 6 nitrogen and oxygen atoms in total. The van der Waals surface area contributed by atoms with Crippen molar-refractivity contribution in [2.24, 2.45) is 4.99 Å². The fourth-order valence-corrected chi connectivity index (χ4v) is 6.70. The lowest BCUT2D eigenvalue weighted by Crippen LogP contribution is -2.08. The Hall–Kier alpha value is -4.14. The summed E-state index contributed by atoms with van der Waals surface area (Å²) in [6.45, 7) is 4.05. The molecule has 3 aromatic heterocycles. The maximum atomic E-state index is 12.8. The molecule has 0 fully saturated rings. The summed E-state index contributed by atoms with van der Waals surface area (Å²) in [5.41, 5.74) is 6.69. The van der Waals surface area contributed by atoms with Gasteiger partial charge < -0.3 is 9.47 Å². The first-order valence-corrected chi connectivity index (χ1v) is 14.3. The second-order valence-corrected chi connectivity index (χ2v) is 10.8. The van der Waals surface area contributed by atoms with Crippen LogP contribution in [0.5, 0.6) is 10.8 Å². The number of hydrogen-bond acceptors (Lipinski definition) is 8. The van der Waals surface area contributed by atoms with E-state index in [0.717, 1.165) is 45.7 Å². The zero-order valence-corrected chi connectivity index (χ0v) is 23.1. The van der Waals surface area contributed by atoms with E-state index in [0.29, 0.717) is 33.8 Å². The van der Waals surface area contributed by atoms with Crippen LogP contribution < -0.4 is 4.74 Å². The van der Waals surface area contributed by atoms with Gasteiger partial charge in [-0.15, -0.1) is 0 Å². The lowest BCUT2D eigenvalue weighted by Gasteiger charge is -2.15. The number of benzene rings is 2. The Balaban J connectivity index is 1.37. The zero-order valence-electron chi connectivity index (χ0n) is 21.5. The molecule has 8 heteroatoms. The minimum absolute atomic E-state index is 0.310. The largest absolute Gasteiger partial charge is 0.462 e. The molecule has 3 heterocycles. The van der Waals surface area contributed by atoms with Crippen molar-refractivity contribution in [1.29, 1.82) is 0 Å². The van der Waals surface area contributed by atoms with E-state index in [-0.39, 0.29) is 5.97 Å². The van der Waals surface area contributed by atoms with Crippen molar-refractivity contribution < 1.29 is 14.3 Å². The number of thiophene rings is 1.